The van der Waals surface area contributed by atoms with Crippen LogP contribution >= 0.6 is 0 Å². The molecule has 2 heteroatoms. The normalized spacial score (nSPS) is 26.2. The highest BCUT2D eigenvalue weighted by Gasteiger charge is 2.23. The summed E-state index contributed by atoms with van der Waals surface area (Å²) in [6.45, 7) is 7.20. The Balaban J connectivity index is 2.45. The predicted molar refractivity (Wildman–Crippen MR) is 67.3 cm³/mol. The SMILES string of the molecule is CCC1CCCCCN1C(C)CCNC. The molecule has 1 aliphatic rings. The van der Waals surface area contributed by atoms with Gasteiger partial charge in [0.25, 0.3) is 0 Å². The predicted octanol–water partition coefficient (Wildman–Crippen LogP) is 2.64. The third-order valence-corrected chi connectivity index (χ3v) is 3.77. The fourth-order valence-electron chi connectivity index (χ4n) is 2.74. The van der Waals surface area contributed by atoms with Gasteiger partial charge in [-0.15, -0.1) is 0 Å². The molecule has 2 atom stereocenters. The molecule has 1 saturated heterocycles. The monoisotopic (exact) mass is 212 g/mol. The molecule has 0 radical (unpaired) electrons. The topological polar surface area (TPSA) is 15.3 Å². The van der Waals surface area contributed by atoms with Gasteiger partial charge in [0.2, 0.25) is 0 Å². The summed E-state index contributed by atoms with van der Waals surface area (Å²) < 4.78 is 0. The second-order valence-electron chi connectivity index (χ2n) is 4.89. The average molecular weight is 212 g/mol. The molecule has 90 valence electrons. The summed E-state index contributed by atoms with van der Waals surface area (Å²) in [7, 11) is 2.05. The van der Waals surface area contributed by atoms with E-state index in [4.69, 9.17) is 0 Å². The van der Waals surface area contributed by atoms with Crippen molar-refractivity contribution in [1.29, 1.82) is 0 Å². The quantitative estimate of drug-likeness (QED) is 0.753. The second kappa shape index (κ2) is 7.24. The minimum Gasteiger partial charge on any atom is -0.320 e. The number of hydrogen-bond donors (Lipinski definition) is 1. The third kappa shape index (κ3) is 4.12. The summed E-state index contributed by atoms with van der Waals surface area (Å²) in [6.07, 6.45) is 8.30. The Hall–Kier alpha value is -0.0800. The molecule has 0 aromatic rings. The summed E-state index contributed by atoms with van der Waals surface area (Å²) in [5.74, 6) is 0. The fraction of sp³-hybridized carbons (Fsp3) is 1.00. The largest absolute Gasteiger partial charge is 0.320 e. The van der Waals surface area contributed by atoms with E-state index >= 15 is 0 Å². The standard InChI is InChI=1S/C13H28N2/c1-4-13-8-6-5-7-11-15(13)12(2)9-10-14-3/h12-14H,4-11H2,1-3H3. The maximum atomic E-state index is 3.26. The van der Waals surface area contributed by atoms with Gasteiger partial charge >= 0.3 is 0 Å². The Labute approximate surface area is 95.4 Å². The van der Waals surface area contributed by atoms with Gasteiger partial charge in [-0.3, -0.25) is 4.90 Å². The lowest BCUT2D eigenvalue weighted by Gasteiger charge is -2.34. The van der Waals surface area contributed by atoms with Gasteiger partial charge in [-0.05, 0) is 52.7 Å². The first kappa shape index (κ1) is 13.0. The molecule has 1 aliphatic heterocycles. The van der Waals surface area contributed by atoms with Crippen molar-refractivity contribution in [1.82, 2.24) is 10.2 Å². The van der Waals surface area contributed by atoms with E-state index in [-0.39, 0.29) is 0 Å². The van der Waals surface area contributed by atoms with E-state index in [0.717, 1.165) is 18.6 Å². The zero-order valence-corrected chi connectivity index (χ0v) is 10.8. The van der Waals surface area contributed by atoms with Crippen molar-refractivity contribution in [2.45, 2.75) is 64.5 Å². The molecule has 0 saturated carbocycles. The minimum atomic E-state index is 0.750. The van der Waals surface area contributed by atoms with Gasteiger partial charge in [0.05, 0.1) is 0 Å². The van der Waals surface area contributed by atoms with Gasteiger partial charge < -0.3 is 5.32 Å². The van der Waals surface area contributed by atoms with Crippen molar-refractivity contribution in [2.24, 2.45) is 0 Å². The van der Waals surface area contributed by atoms with E-state index < -0.39 is 0 Å². The van der Waals surface area contributed by atoms with Crippen molar-refractivity contribution in [3.8, 4) is 0 Å². The molecule has 2 nitrogen and oxygen atoms in total. The van der Waals surface area contributed by atoms with Crippen LogP contribution < -0.4 is 5.32 Å². The smallest absolute Gasteiger partial charge is 0.00954 e. The molecule has 2 unspecified atom stereocenters. The van der Waals surface area contributed by atoms with Crippen LogP contribution in [0.4, 0.5) is 0 Å². The molecule has 0 aromatic carbocycles. The zero-order chi connectivity index (χ0) is 11.1. The first-order chi connectivity index (χ1) is 7.29. The van der Waals surface area contributed by atoms with Crippen LogP contribution in [0.5, 0.6) is 0 Å². The highest BCUT2D eigenvalue weighted by atomic mass is 15.2. The molecular weight excluding hydrogens is 184 g/mol. The van der Waals surface area contributed by atoms with Crippen LogP contribution in [0, 0.1) is 0 Å². The molecule has 0 spiro atoms. The van der Waals surface area contributed by atoms with Crippen LogP contribution in [-0.4, -0.2) is 37.1 Å². The van der Waals surface area contributed by atoms with Gasteiger partial charge in [-0.25, -0.2) is 0 Å². The van der Waals surface area contributed by atoms with E-state index in [1.54, 1.807) is 0 Å². The molecule has 15 heavy (non-hydrogen) atoms. The van der Waals surface area contributed by atoms with Gasteiger partial charge in [0.1, 0.15) is 0 Å². The molecular formula is C13H28N2. The van der Waals surface area contributed by atoms with Crippen LogP contribution in [0.15, 0.2) is 0 Å². The lowest BCUT2D eigenvalue weighted by atomic mass is 10.1. The lowest BCUT2D eigenvalue weighted by Crippen LogP contribution is -2.42. The zero-order valence-electron chi connectivity index (χ0n) is 10.8. The third-order valence-electron chi connectivity index (χ3n) is 3.77. The van der Waals surface area contributed by atoms with E-state index in [9.17, 15) is 0 Å². The van der Waals surface area contributed by atoms with Gasteiger partial charge in [-0.2, -0.15) is 0 Å². The van der Waals surface area contributed by atoms with Crippen LogP contribution in [0.1, 0.15) is 52.4 Å². The van der Waals surface area contributed by atoms with Crippen LogP contribution in [0.2, 0.25) is 0 Å². The van der Waals surface area contributed by atoms with Crippen molar-refractivity contribution >= 4 is 0 Å². The lowest BCUT2D eigenvalue weighted by molar-refractivity contribution is 0.136. The molecule has 1 N–H and O–H groups in total. The van der Waals surface area contributed by atoms with Crippen LogP contribution in [0.3, 0.4) is 0 Å². The maximum Gasteiger partial charge on any atom is 0.00954 e. The number of likely N-dealkylation sites (tertiary alicyclic amines) is 1. The maximum absolute atomic E-state index is 3.26. The molecule has 1 heterocycles. The van der Waals surface area contributed by atoms with Crippen LogP contribution in [-0.2, 0) is 0 Å². The number of rotatable bonds is 5. The minimum absolute atomic E-state index is 0.750. The molecule has 0 aromatic heterocycles. The number of nitrogens with one attached hydrogen (secondary N) is 1. The van der Waals surface area contributed by atoms with Crippen molar-refractivity contribution in [3.05, 3.63) is 0 Å². The van der Waals surface area contributed by atoms with Crippen molar-refractivity contribution < 1.29 is 0 Å². The van der Waals surface area contributed by atoms with E-state index in [1.165, 1.54) is 45.1 Å². The van der Waals surface area contributed by atoms with Crippen molar-refractivity contribution in [2.75, 3.05) is 20.1 Å². The summed E-state index contributed by atoms with van der Waals surface area (Å²) in [5, 5.41) is 3.26. The van der Waals surface area contributed by atoms with Gasteiger partial charge in [0.15, 0.2) is 0 Å². The summed E-state index contributed by atoms with van der Waals surface area (Å²) in [6, 6.07) is 1.60. The first-order valence-electron chi connectivity index (χ1n) is 6.70. The molecule has 1 rings (SSSR count). The Morgan fingerprint density at radius 3 is 2.80 bits per heavy atom. The van der Waals surface area contributed by atoms with Crippen LogP contribution in [0.25, 0.3) is 0 Å². The second-order valence-corrected chi connectivity index (χ2v) is 4.89. The summed E-state index contributed by atoms with van der Waals surface area (Å²) >= 11 is 0. The fourth-order valence-corrected chi connectivity index (χ4v) is 2.74. The number of hydrogen-bond acceptors (Lipinski definition) is 2. The Bertz CT molecular complexity index is 159. The van der Waals surface area contributed by atoms with Gasteiger partial charge in [-0.1, -0.05) is 19.8 Å². The molecule has 1 fully saturated rings. The van der Waals surface area contributed by atoms with E-state index in [2.05, 4.69) is 24.1 Å². The molecule has 0 aliphatic carbocycles. The molecule has 0 amide bonds. The highest BCUT2D eigenvalue weighted by Crippen LogP contribution is 2.22. The van der Waals surface area contributed by atoms with E-state index in [1.807, 2.05) is 7.05 Å². The average Bonchev–Trinajstić information content (AvgIpc) is 2.50. The van der Waals surface area contributed by atoms with Crippen molar-refractivity contribution in [3.63, 3.8) is 0 Å². The van der Waals surface area contributed by atoms with Gasteiger partial charge in [0, 0.05) is 12.1 Å². The Morgan fingerprint density at radius 2 is 2.13 bits per heavy atom. The first-order valence-corrected chi connectivity index (χ1v) is 6.70. The summed E-state index contributed by atoms with van der Waals surface area (Å²) in [4.78, 5) is 2.75. The summed E-state index contributed by atoms with van der Waals surface area (Å²) in [5.41, 5.74) is 0. The highest BCUT2D eigenvalue weighted by molar-refractivity contribution is 4.79. The number of nitrogens with zero attached hydrogens (tertiary/aromatic N) is 1. The Kier molecular flexibility index (Phi) is 6.26. The Morgan fingerprint density at radius 1 is 1.33 bits per heavy atom. The molecule has 0 bridgehead atoms. The van der Waals surface area contributed by atoms with E-state index in [0.29, 0.717) is 0 Å².